The van der Waals surface area contributed by atoms with Gasteiger partial charge >= 0.3 is 0 Å². The molecule has 0 aliphatic rings. The van der Waals surface area contributed by atoms with Crippen LogP contribution in [0, 0.1) is 0 Å². The number of hydrogen-bond acceptors (Lipinski definition) is 3. The second-order valence-corrected chi connectivity index (χ2v) is 10.7. The summed E-state index contributed by atoms with van der Waals surface area (Å²) in [5, 5.41) is 3.75. The molecule has 0 spiro atoms. The number of halogens is 4. The summed E-state index contributed by atoms with van der Waals surface area (Å²) in [5.74, 6) is -0.534. The number of hydrogen-bond donors (Lipinski definition) is 1. The highest BCUT2D eigenvalue weighted by atomic mass is 79.9. The van der Waals surface area contributed by atoms with E-state index in [1.165, 1.54) is 42.5 Å². The number of anilines is 1. The zero-order chi connectivity index (χ0) is 22.6. The standard InChI is InChI=1S/C21H16BrCl3N2O3S/c22-15-3-1-14(2-4-15)12-27(31(29,30)20-7-5-16(23)6-8-20)13-21(28)26-19-10-17(24)9-18(25)11-19/h1-11H,12-13H2,(H,26,28). The molecule has 5 nitrogen and oxygen atoms in total. The van der Waals surface area contributed by atoms with Crippen molar-refractivity contribution in [3.8, 4) is 0 Å². The second kappa shape index (κ2) is 10.3. The Kier molecular flexibility index (Phi) is 8.02. The van der Waals surface area contributed by atoms with E-state index >= 15 is 0 Å². The molecule has 3 rings (SSSR count). The zero-order valence-electron chi connectivity index (χ0n) is 15.9. The Labute approximate surface area is 204 Å². The molecule has 0 heterocycles. The molecular weight excluding hydrogens is 547 g/mol. The zero-order valence-corrected chi connectivity index (χ0v) is 20.5. The van der Waals surface area contributed by atoms with Gasteiger partial charge in [0.05, 0.1) is 11.4 Å². The van der Waals surface area contributed by atoms with Crippen molar-refractivity contribution in [2.75, 3.05) is 11.9 Å². The molecule has 0 saturated heterocycles. The van der Waals surface area contributed by atoms with Crippen molar-refractivity contribution in [1.82, 2.24) is 4.31 Å². The van der Waals surface area contributed by atoms with Crippen molar-refractivity contribution < 1.29 is 13.2 Å². The number of carbonyl (C=O) groups excluding carboxylic acids is 1. The van der Waals surface area contributed by atoms with E-state index in [0.717, 1.165) is 14.3 Å². The summed E-state index contributed by atoms with van der Waals surface area (Å²) in [4.78, 5) is 12.7. The number of rotatable bonds is 7. The van der Waals surface area contributed by atoms with Crippen LogP contribution in [-0.2, 0) is 21.4 Å². The van der Waals surface area contributed by atoms with Crippen LogP contribution in [0.3, 0.4) is 0 Å². The van der Waals surface area contributed by atoms with E-state index in [-0.39, 0.29) is 11.4 Å². The van der Waals surface area contributed by atoms with Crippen LogP contribution in [0.5, 0.6) is 0 Å². The lowest BCUT2D eigenvalue weighted by molar-refractivity contribution is -0.116. The quantitative estimate of drug-likeness (QED) is 0.371. The maximum Gasteiger partial charge on any atom is 0.243 e. The van der Waals surface area contributed by atoms with E-state index in [1.54, 1.807) is 24.3 Å². The Morgan fingerprint density at radius 2 is 1.45 bits per heavy atom. The van der Waals surface area contributed by atoms with Gasteiger partial charge in [0.1, 0.15) is 0 Å². The lowest BCUT2D eigenvalue weighted by Gasteiger charge is -2.22. The number of nitrogens with zero attached hydrogens (tertiary/aromatic N) is 1. The van der Waals surface area contributed by atoms with Crippen LogP contribution in [0.2, 0.25) is 15.1 Å². The van der Waals surface area contributed by atoms with Crippen molar-refractivity contribution in [2.45, 2.75) is 11.4 Å². The average Bonchev–Trinajstić information content (AvgIpc) is 2.68. The summed E-state index contributed by atoms with van der Waals surface area (Å²) in [6, 6.07) is 17.5. The Balaban J connectivity index is 1.88. The minimum absolute atomic E-state index is 0.00195. The predicted octanol–water partition coefficient (Wildman–Crippen LogP) is 6.24. The second-order valence-electron chi connectivity index (χ2n) is 6.56. The Morgan fingerprint density at radius 1 is 0.871 bits per heavy atom. The molecule has 0 radical (unpaired) electrons. The molecule has 31 heavy (non-hydrogen) atoms. The predicted molar refractivity (Wildman–Crippen MR) is 128 cm³/mol. The van der Waals surface area contributed by atoms with E-state index < -0.39 is 22.5 Å². The summed E-state index contributed by atoms with van der Waals surface area (Å²) in [5.41, 5.74) is 1.09. The molecule has 0 aromatic heterocycles. The van der Waals surface area contributed by atoms with E-state index in [1.807, 2.05) is 0 Å². The number of nitrogens with one attached hydrogen (secondary N) is 1. The molecule has 3 aromatic carbocycles. The lowest BCUT2D eigenvalue weighted by atomic mass is 10.2. The SMILES string of the molecule is O=C(CN(Cc1ccc(Br)cc1)S(=O)(=O)c1ccc(Cl)cc1)Nc1cc(Cl)cc(Cl)c1. The van der Waals surface area contributed by atoms with Gasteiger partial charge in [-0.3, -0.25) is 4.79 Å². The van der Waals surface area contributed by atoms with Crippen LogP contribution >= 0.6 is 50.7 Å². The number of amides is 1. The third kappa shape index (κ3) is 6.68. The highest BCUT2D eigenvalue weighted by Gasteiger charge is 2.27. The van der Waals surface area contributed by atoms with Crippen LogP contribution in [-0.4, -0.2) is 25.2 Å². The topological polar surface area (TPSA) is 66.5 Å². The molecular formula is C21H16BrCl3N2O3S. The number of carbonyl (C=O) groups is 1. The van der Waals surface area contributed by atoms with Gasteiger partial charge in [-0.05, 0) is 60.2 Å². The van der Waals surface area contributed by atoms with Crippen molar-refractivity contribution in [3.63, 3.8) is 0 Å². The van der Waals surface area contributed by atoms with E-state index in [4.69, 9.17) is 34.8 Å². The molecule has 10 heteroatoms. The van der Waals surface area contributed by atoms with E-state index in [0.29, 0.717) is 20.8 Å². The number of sulfonamides is 1. The normalized spacial score (nSPS) is 11.5. The Bertz CT molecular complexity index is 1170. The monoisotopic (exact) mass is 560 g/mol. The third-order valence-electron chi connectivity index (χ3n) is 4.19. The van der Waals surface area contributed by atoms with Crippen LogP contribution in [0.15, 0.2) is 76.1 Å². The highest BCUT2D eigenvalue weighted by Crippen LogP contribution is 2.24. The van der Waals surface area contributed by atoms with Gasteiger partial charge in [-0.15, -0.1) is 0 Å². The van der Waals surface area contributed by atoms with Gasteiger partial charge in [0.15, 0.2) is 0 Å². The van der Waals surface area contributed by atoms with Crippen molar-refractivity contribution >= 4 is 72.4 Å². The molecule has 3 aromatic rings. The van der Waals surface area contributed by atoms with Gasteiger partial charge in [-0.2, -0.15) is 4.31 Å². The first kappa shape index (κ1) is 24.0. The molecule has 0 fully saturated rings. The van der Waals surface area contributed by atoms with Gasteiger partial charge in [0.25, 0.3) is 0 Å². The van der Waals surface area contributed by atoms with Gasteiger partial charge in [0.2, 0.25) is 15.9 Å². The van der Waals surface area contributed by atoms with Crippen molar-refractivity contribution in [2.24, 2.45) is 0 Å². The summed E-state index contributed by atoms with van der Waals surface area (Å²) in [6.45, 7) is -0.410. The van der Waals surface area contributed by atoms with Gasteiger partial charge < -0.3 is 5.32 Å². The molecule has 0 atom stereocenters. The van der Waals surface area contributed by atoms with Crippen LogP contribution in [0.25, 0.3) is 0 Å². The first-order valence-corrected chi connectivity index (χ1v) is 12.3. The molecule has 0 saturated carbocycles. The summed E-state index contributed by atoms with van der Waals surface area (Å²) < 4.78 is 28.5. The minimum Gasteiger partial charge on any atom is -0.325 e. The largest absolute Gasteiger partial charge is 0.325 e. The fraction of sp³-hybridized carbons (Fsp3) is 0.0952. The average molecular weight is 563 g/mol. The van der Waals surface area contributed by atoms with Gasteiger partial charge in [-0.25, -0.2) is 8.42 Å². The Morgan fingerprint density at radius 3 is 2.03 bits per heavy atom. The van der Waals surface area contributed by atoms with E-state index in [2.05, 4.69) is 21.2 Å². The smallest absolute Gasteiger partial charge is 0.243 e. The van der Waals surface area contributed by atoms with Crippen LogP contribution in [0.4, 0.5) is 5.69 Å². The molecule has 1 amide bonds. The van der Waals surface area contributed by atoms with Crippen molar-refractivity contribution in [3.05, 3.63) is 91.8 Å². The molecule has 0 bridgehead atoms. The fourth-order valence-electron chi connectivity index (χ4n) is 2.76. The maximum atomic E-state index is 13.3. The first-order valence-electron chi connectivity index (χ1n) is 8.89. The minimum atomic E-state index is -3.98. The molecule has 162 valence electrons. The number of benzene rings is 3. The van der Waals surface area contributed by atoms with Crippen LogP contribution in [0.1, 0.15) is 5.56 Å². The van der Waals surface area contributed by atoms with Crippen molar-refractivity contribution in [1.29, 1.82) is 0 Å². The third-order valence-corrected chi connectivity index (χ3v) is 7.21. The van der Waals surface area contributed by atoms with E-state index in [9.17, 15) is 13.2 Å². The van der Waals surface area contributed by atoms with Crippen LogP contribution < -0.4 is 5.32 Å². The Hall–Kier alpha value is -1.61. The van der Waals surface area contributed by atoms with Gasteiger partial charge in [0, 0.05) is 31.8 Å². The summed E-state index contributed by atoms with van der Waals surface area (Å²) in [7, 11) is -3.98. The molecule has 0 unspecified atom stereocenters. The molecule has 0 aliphatic heterocycles. The van der Waals surface area contributed by atoms with Gasteiger partial charge in [-0.1, -0.05) is 62.9 Å². The maximum absolute atomic E-state index is 13.3. The lowest BCUT2D eigenvalue weighted by Crippen LogP contribution is -2.37. The molecule has 1 N–H and O–H groups in total. The molecule has 0 aliphatic carbocycles. The summed E-state index contributed by atoms with van der Waals surface area (Å²) in [6.07, 6.45) is 0. The highest BCUT2D eigenvalue weighted by molar-refractivity contribution is 9.10. The summed E-state index contributed by atoms with van der Waals surface area (Å²) >= 11 is 21.2. The fourth-order valence-corrected chi connectivity index (χ4v) is 5.06. The first-order chi connectivity index (χ1) is 14.6.